The van der Waals surface area contributed by atoms with E-state index in [1.165, 1.54) is 0 Å². The third-order valence-electron chi connectivity index (χ3n) is 3.29. The SMILES string of the molecule is CC(C)c1ccccc1N[C@@H](C)C(=O)O.CN(C)CCOC(=O)CN. The standard InChI is InChI=1S/C12H17NO2.C6H14N2O2/c1-8(2)10-6-4-5-7-11(10)13-9(3)12(14)15;1-8(2)3-4-10-6(9)5-7/h4-9,13H,1-3H3,(H,14,15);3-5,7H2,1-2H3/t9-;/m0./s1. The van der Waals surface area contributed by atoms with Gasteiger partial charge in [0.15, 0.2) is 0 Å². The van der Waals surface area contributed by atoms with Gasteiger partial charge in [-0.25, -0.2) is 0 Å². The van der Waals surface area contributed by atoms with Crippen molar-refractivity contribution in [2.75, 3.05) is 39.1 Å². The van der Waals surface area contributed by atoms with Crippen LogP contribution >= 0.6 is 0 Å². The van der Waals surface area contributed by atoms with Gasteiger partial charge in [-0.05, 0) is 38.6 Å². The lowest BCUT2D eigenvalue weighted by Gasteiger charge is -2.16. The molecule has 0 aliphatic carbocycles. The summed E-state index contributed by atoms with van der Waals surface area (Å²) in [5.74, 6) is -0.801. The first kappa shape index (κ1) is 22.9. The molecule has 0 saturated carbocycles. The van der Waals surface area contributed by atoms with E-state index in [9.17, 15) is 9.59 Å². The van der Waals surface area contributed by atoms with Crippen molar-refractivity contribution < 1.29 is 19.4 Å². The molecule has 142 valence electrons. The molecule has 4 N–H and O–H groups in total. The van der Waals surface area contributed by atoms with Gasteiger partial charge in [0.1, 0.15) is 12.6 Å². The highest BCUT2D eigenvalue weighted by Crippen LogP contribution is 2.24. The molecule has 0 radical (unpaired) electrons. The number of hydrogen-bond acceptors (Lipinski definition) is 6. The summed E-state index contributed by atoms with van der Waals surface area (Å²) in [6.45, 7) is 6.94. The highest BCUT2D eigenvalue weighted by molar-refractivity contribution is 5.77. The smallest absolute Gasteiger partial charge is 0.325 e. The van der Waals surface area contributed by atoms with Crippen LogP contribution in [0.4, 0.5) is 5.69 Å². The summed E-state index contributed by atoms with van der Waals surface area (Å²) < 4.78 is 4.70. The van der Waals surface area contributed by atoms with Gasteiger partial charge in [-0.2, -0.15) is 0 Å². The Morgan fingerprint density at radius 2 is 1.84 bits per heavy atom. The Morgan fingerprint density at radius 3 is 2.32 bits per heavy atom. The lowest BCUT2D eigenvalue weighted by Crippen LogP contribution is -2.26. The minimum absolute atomic E-state index is 0.0343. The molecule has 0 aromatic heterocycles. The Morgan fingerprint density at radius 1 is 1.24 bits per heavy atom. The zero-order valence-electron chi connectivity index (χ0n) is 15.8. The molecule has 0 spiro atoms. The summed E-state index contributed by atoms with van der Waals surface area (Å²) in [5.41, 5.74) is 7.05. The second-order valence-electron chi connectivity index (χ2n) is 6.17. The van der Waals surface area contributed by atoms with Gasteiger partial charge < -0.3 is 25.8 Å². The number of benzene rings is 1. The number of carboxylic acid groups (broad SMARTS) is 1. The molecule has 25 heavy (non-hydrogen) atoms. The summed E-state index contributed by atoms with van der Waals surface area (Å²) in [6.07, 6.45) is 0. The molecule has 0 fully saturated rings. The van der Waals surface area contributed by atoms with Crippen molar-refractivity contribution >= 4 is 17.6 Å². The number of likely N-dealkylation sites (N-methyl/N-ethyl adjacent to an activating group) is 1. The Kier molecular flexibility index (Phi) is 11.2. The van der Waals surface area contributed by atoms with Gasteiger partial charge in [0.25, 0.3) is 0 Å². The van der Waals surface area contributed by atoms with Crippen LogP contribution in [0.2, 0.25) is 0 Å². The van der Waals surface area contributed by atoms with E-state index in [1.54, 1.807) is 6.92 Å². The van der Waals surface area contributed by atoms with E-state index in [2.05, 4.69) is 19.2 Å². The van der Waals surface area contributed by atoms with Crippen LogP contribution in [0.15, 0.2) is 24.3 Å². The number of aliphatic carboxylic acids is 1. The number of para-hydroxylation sites is 1. The highest BCUT2D eigenvalue weighted by atomic mass is 16.5. The fourth-order valence-corrected chi connectivity index (χ4v) is 1.83. The molecule has 0 saturated heterocycles. The van der Waals surface area contributed by atoms with Crippen molar-refractivity contribution in [2.45, 2.75) is 32.7 Å². The van der Waals surface area contributed by atoms with E-state index in [1.807, 2.05) is 43.3 Å². The van der Waals surface area contributed by atoms with Crippen molar-refractivity contribution in [3.63, 3.8) is 0 Å². The van der Waals surface area contributed by atoms with E-state index >= 15 is 0 Å². The van der Waals surface area contributed by atoms with Gasteiger partial charge in [-0.3, -0.25) is 9.59 Å². The molecule has 7 nitrogen and oxygen atoms in total. The maximum Gasteiger partial charge on any atom is 0.325 e. The zero-order chi connectivity index (χ0) is 19.4. The zero-order valence-corrected chi connectivity index (χ0v) is 15.8. The number of ether oxygens (including phenoxy) is 1. The number of hydrogen-bond donors (Lipinski definition) is 3. The molecule has 0 amide bonds. The van der Waals surface area contributed by atoms with Gasteiger partial charge in [0.05, 0.1) is 6.54 Å². The number of carboxylic acids is 1. The Balaban J connectivity index is 0.000000504. The average molecular weight is 353 g/mol. The fraction of sp³-hybridized carbons (Fsp3) is 0.556. The van der Waals surface area contributed by atoms with Crippen molar-refractivity contribution in [1.29, 1.82) is 0 Å². The lowest BCUT2D eigenvalue weighted by atomic mass is 10.0. The van der Waals surface area contributed by atoms with Crippen molar-refractivity contribution in [1.82, 2.24) is 4.90 Å². The van der Waals surface area contributed by atoms with Crippen molar-refractivity contribution in [2.24, 2.45) is 5.73 Å². The van der Waals surface area contributed by atoms with E-state index in [0.29, 0.717) is 12.5 Å². The summed E-state index contributed by atoms with van der Waals surface area (Å²) in [6, 6.07) is 7.23. The molecular weight excluding hydrogens is 322 g/mol. The summed E-state index contributed by atoms with van der Waals surface area (Å²) in [5, 5.41) is 11.8. The Labute approximate surface area is 150 Å². The Hall–Kier alpha value is -2.12. The second-order valence-corrected chi connectivity index (χ2v) is 6.17. The molecule has 0 unspecified atom stereocenters. The van der Waals surface area contributed by atoms with Crippen LogP contribution in [0.1, 0.15) is 32.3 Å². The number of nitrogens with two attached hydrogens (primary N) is 1. The van der Waals surface area contributed by atoms with E-state index < -0.39 is 12.0 Å². The van der Waals surface area contributed by atoms with Crippen LogP contribution in [0, 0.1) is 0 Å². The van der Waals surface area contributed by atoms with Crippen molar-refractivity contribution in [3.05, 3.63) is 29.8 Å². The number of rotatable bonds is 8. The third kappa shape index (κ3) is 10.4. The first-order valence-electron chi connectivity index (χ1n) is 8.27. The maximum atomic E-state index is 10.7. The predicted molar refractivity (Wildman–Crippen MR) is 99.8 cm³/mol. The van der Waals surface area contributed by atoms with E-state index in [4.69, 9.17) is 15.6 Å². The topological polar surface area (TPSA) is 105 Å². The quantitative estimate of drug-likeness (QED) is 0.611. The lowest BCUT2D eigenvalue weighted by molar-refractivity contribution is -0.142. The van der Waals surface area contributed by atoms with Crippen LogP contribution in [0.3, 0.4) is 0 Å². The Bertz CT molecular complexity index is 533. The van der Waals surface area contributed by atoms with Gasteiger partial charge >= 0.3 is 11.9 Å². The van der Waals surface area contributed by atoms with Crippen LogP contribution in [-0.2, 0) is 14.3 Å². The molecule has 0 heterocycles. The fourth-order valence-electron chi connectivity index (χ4n) is 1.83. The van der Waals surface area contributed by atoms with Crippen LogP contribution in [-0.4, -0.2) is 61.8 Å². The average Bonchev–Trinajstić information content (AvgIpc) is 2.55. The number of nitrogens with one attached hydrogen (secondary N) is 1. The molecule has 1 aromatic carbocycles. The van der Waals surface area contributed by atoms with Crippen LogP contribution in [0.5, 0.6) is 0 Å². The summed E-state index contributed by atoms with van der Waals surface area (Å²) in [7, 11) is 3.83. The van der Waals surface area contributed by atoms with E-state index in [-0.39, 0.29) is 12.5 Å². The third-order valence-corrected chi connectivity index (χ3v) is 3.29. The molecule has 0 aliphatic rings. The van der Waals surface area contributed by atoms with Crippen molar-refractivity contribution in [3.8, 4) is 0 Å². The molecule has 1 rings (SSSR count). The van der Waals surface area contributed by atoms with Gasteiger partial charge in [0, 0.05) is 12.2 Å². The van der Waals surface area contributed by atoms with Gasteiger partial charge in [-0.1, -0.05) is 32.0 Å². The first-order valence-corrected chi connectivity index (χ1v) is 8.27. The number of carbonyl (C=O) groups is 2. The minimum Gasteiger partial charge on any atom is -0.480 e. The monoisotopic (exact) mass is 353 g/mol. The van der Waals surface area contributed by atoms with Gasteiger partial charge in [-0.15, -0.1) is 0 Å². The van der Waals surface area contributed by atoms with Gasteiger partial charge in [0.2, 0.25) is 0 Å². The van der Waals surface area contributed by atoms with E-state index in [0.717, 1.165) is 17.8 Å². The molecule has 1 aromatic rings. The summed E-state index contributed by atoms with van der Waals surface area (Å²) >= 11 is 0. The van der Waals surface area contributed by atoms with Crippen LogP contribution < -0.4 is 11.1 Å². The molecule has 1 atom stereocenters. The molecule has 0 aliphatic heterocycles. The number of carbonyl (C=O) groups excluding carboxylic acids is 1. The number of anilines is 1. The summed E-state index contributed by atoms with van der Waals surface area (Å²) in [4.78, 5) is 23.1. The normalized spacial score (nSPS) is 11.5. The number of nitrogens with zero attached hydrogens (tertiary/aromatic N) is 1. The second kappa shape index (κ2) is 12.3. The first-order chi connectivity index (χ1) is 11.7. The largest absolute Gasteiger partial charge is 0.480 e. The maximum absolute atomic E-state index is 10.7. The molecule has 0 bridgehead atoms. The predicted octanol–water partition coefficient (Wildman–Crippen LogP) is 1.74. The highest BCUT2D eigenvalue weighted by Gasteiger charge is 2.13. The molecule has 7 heteroatoms. The van der Waals surface area contributed by atoms with Crippen LogP contribution in [0.25, 0.3) is 0 Å². The molecular formula is C18H31N3O4. The number of esters is 1. The minimum atomic E-state index is -0.839.